The standard InChI is InChI=1S/C20H31N5O2/c1-23(2)18-8-10-24(14-18)15-19(26)25-11-6-16(7-12-25)20(27)22-13-17-5-3-4-9-21-17/h3-5,9,16,18H,6-8,10-15H2,1-2H3,(H,22,27). The third-order valence-electron chi connectivity index (χ3n) is 5.73. The van der Waals surface area contributed by atoms with Gasteiger partial charge in [-0.25, -0.2) is 0 Å². The number of aromatic nitrogens is 1. The summed E-state index contributed by atoms with van der Waals surface area (Å²) in [5.41, 5.74) is 0.861. The maximum Gasteiger partial charge on any atom is 0.236 e. The predicted molar refractivity (Wildman–Crippen MR) is 104 cm³/mol. The average molecular weight is 374 g/mol. The number of carbonyl (C=O) groups is 2. The molecule has 7 nitrogen and oxygen atoms in total. The number of carbonyl (C=O) groups excluding carboxylic acids is 2. The number of hydrogen-bond donors (Lipinski definition) is 1. The highest BCUT2D eigenvalue weighted by Crippen LogP contribution is 2.19. The largest absolute Gasteiger partial charge is 0.350 e. The van der Waals surface area contributed by atoms with Gasteiger partial charge in [0.1, 0.15) is 0 Å². The normalized spacial score (nSPS) is 21.6. The molecule has 1 aromatic rings. The van der Waals surface area contributed by atoms with Crippen LogP contribution >= 0.6 is 0 Å². The molecule has 1 unspecified atom stereocenters. The van der Waals surface area contributed by atoms with Gasteiger partial charge in [0.05, 0.1) is 18.8 Å². The maximum atomic E-state index is 12.6. The number of pyridine rings is 1. The molecule has 2 fully saturated rings. The molecule has 7 heteroatoms. The van der Waals surface area contributed by atoms with E-state index in [0.717, 1.165) is 38.0 Å². The minimum Gasteiger partial charge on any atom is -0.350 e. The minimum absolute atomic E-state index is 0.0114. The summed E-state index contributed by atoms with van der Waals surface area (Å²) < 4.78 is 0. The number of rotatable bonds is 6. The van der Waals surface area contributed by atoms with Crippen LogP contribution in [0.1, 0.15) is 25.0 Å². The molecule has 0 spiro atoms. The second-order valence-electron chi connectivity index (χ2n) is 7.84. The van der Waals surface area contributed by atoms with E-state index in [-0.39, 0.29) is 17.7 Å². The number of piperidine rings is 1. The van der Waals surface area contributed by atoms with Gasteiger partial charge in [0.25, 0.3) is 0 Å². The van der Waals surface area contributed by atoms with Crippen LogP contribution in [0.4, 0.5) is 0 Å². The number of amides is 2. The molecule has 2 aliphatic rings. The zero-order chi connectivity index (χ0) is 19.2. The topological polar surface area (TPSA) is 68.8 Å². The molecule has 0 aliphatic carbocycles. The highest BCUT2D eigenvalue weighted by atomic mass is 16.2. The molecule has 1 aromatic heterocycles. The van der Waals surface area contributed by atoms with Crippen molar-refractivity contribution in [2.24, 2.45) is 5.92 Å². The summed E-state index contributed by atoms with van der Waals surface area (Å²) in [5, 5.41) is 2.97. The molecule has 0 saturated carbocycles. The molecule has 27 heavy (non-hydrogen) atoms. The summed E-state index contributed by atoms with van der Waals surface area (Å²) in [6.45, 7) is 4.25. The minimum atomic E-state index is -0.0114. The van der Waals surface area contributed by atoms with E-state index in [2.05, 4.69) is 34.2 Å². The van der Waals surface area contributed by atoms with E-state index in [1.165, 1.54) is 0 Å². The summed E-state index contributed by atoms with van der Waals surface area (Å²) in [7, 11) is 4.19. The van der Waals surface area contributed by atoms with Gasteiger partial charge in [0.15, 0.2) is 0 Å². The highest BCUT2D eigenvalue weighted by Gasteiger charge is 2.30. The van der Waals surface area contributed by atoms with Crippen molar-refractivity contribution >= 4 is 11.8 Å². The first-order valence-electron chi connectivity index (χ1n) is 9.87. The first-order chi connectivity index (χ1) is 13.0. The molecule has 2 saturated heterocycles. The van der Waals surface area contributed by atoms with Gasteiger partial charge >= 0.3 is 0 Å². The fourth-order valence-corrected chi connectivity index (χ4v) is 3.88. The van der Waals surface area contributed by atoms with Crippen molar-refractivity contribution in [2.45, 2.75) is 31.8 Å². The zero-order valence-electron chi connectivity index (χ0n) is 16.4. The Morgan fingerprint density at radius 1 is 1.19 bits per heavy atom. The van der Waals surface area contributed by atoms with Crippen molar-refractivity contribution in [3.63, 3.8) is 0 Å². The third-order valence-corrected chi connectivity index (χ3v) is 5.73. The van der Waals surface area contributed by atoms with Crippen molar-refractivity contribution < 1.29 is 9.59 Å². The van der Waals surface area contributed by atoms with Gasteiger partial charge in [0, 0.05) is 44.3 Å². The first kappa shape index (κ1) is 19.8. The second-order valence-corrected chi connectivity index (χ2v) is 7.84. The van der Waals surface area contributed by atoms with Gasteiger partial charge < -0.3 is 15.1 Å². The fourth-order valence-electron chi connectivity index (χ4n) is 3.88. The van der Waals surface area contributed by atoms with Crippen LogP contribution in [0.3, 0.4) is 0 Å². The van der Waals surface area contributed by atoms with Crippen LogP contribution in [0.15, 0.2) is 24.4 Å². The monoisotopic (exact) mass is 373 g/mol. The lowest BCUT2D eigenvalue weighted by atomic mass is 9.96. The van der Waals surface area contributed by atoms with Crippen molar-refractivity contribution in [1.82, 2.24) is 25.0 Å². The Morgan fingerprint density at radius 2 is 1.96 bits per heavy atom. The van der Waals surface area contributed by atoms with E-state index < -0.39 is 0 Å². The summed E-state index contributed by atoms with van der Waals surface area (Å²) in [4.78, 5) is 35.6. The van der Waals surface area contributed by atoms with Crippen molar-refractivity contribution in [3.05, 3.63) is 30.1 Å². The average Bonchev–Trinajstić information content (AvgIpc) is 3.16. The van der Waals surface area contributed by atoms with Gasteiger partial charge in [-0.1, -0.05) is 6.07 Å². The molecule has 1 atom stereocenters. The number of likely N-dealkylation sites (N-methyl/N-ethyl adjacent to an activating group) is 1. The second kappa shape index (κ2) is 9.28. The van der Waals surface area contributed by atoms with E-state index in [4.69, 9.17) is 0 Å². The molecular formula is C20H31N5O2. The van der Waals surface area contributed by atoms with Crippen molar-refractivity contribution in [2.75, 3.05) is 46.8 Å². The Balaban J connectivity index is 1.38. The van der Waals surface area contributed by atoms with Crippen LogP contribution in [-0.2, 0) is 16.1 Å². The SMILES string of the molecule is CN(C)C1CCN(CC(=O)N2CCC(C(=O)NCc3ccccn3)CC2)C1. The summed E-state index contributed by atoms with van der Waals surface area (Å²) in [6.07, 6.45) is 4.33. The van der Waals surface area contributed by atoms with Gasteiger partial charge in [-0.3, -0.25) is 19.5 Å². The van der Waals surface area contributed by atoms with Crippen LogP contribution < -0.4 is 5.32 Å². The molecule has 0 radical (unpaired) electrons. The fraction of sp³-hybridized carbons (Fsp3) is 0.650. The van der Waals surface area contributed by atoms with Gasteiger partial charge in [-0.2, -0.15) is 0 Å². The van der Waals surface area contributed by atoms with Crippen LogP contribution in [0.2, 0.25) is 0 Å². The van der Waals surface area contributed by atoms with Crippen LogP contribution in [-0.4, -0.2) is 84.4 Å². The van der Waals surface area contributed by atoms with Crippen molar-refractivity contribution in [1.29, 1.82) is 0 Å². The van der Waals surface area contributed by atoms with E-state index in [9.17, 15) is 9.59 Å². The maximum absolute atomic E-state index is 12.6. The van der Waals surface area contributed by atoms with Gasteiger partial charge in [-0.15, -0.1) is 0 Å². The van der Waals surface area contributed by atoms with Gasteiger partial charge in [0.2, 0.25) is 11.8 Å². The molecule has 0 bridgehead atoms. The number of nitrogens with one attached hydrogen (secondary N) is 1. The molecule has 3 rings (SSSR count). The van der Waals surface area contributed by atoms with Crippen LogP contribution in [0.25, 0.3) is 0 Å². The Bertz CT molecular complexity index is 629. The Labute approximate surface area is 161 Å². The molecular weight excluding hydrogens is 342 g/mol. The molecule has 148 valence electrons. The van der Waals surface area contributed by atoms with Gasteiger partial charge in [-0.05, 0) is 45.5 Å². The third kappa shape index (κ3) is 5.49. The smallest absolute Gasteiger partial charge is 0.236 e. The quantitative estimate of drug-likeness (QED) is 0.790. The van der Waals surface area contributed by atoms with E-state index in [1.54, 1.807) is 6.20 Å². The first-order valence-corrected chi connectivity index (χ1v) is 9.87. The van der Waals surface area contributed by atoms with E-state index in [0.29, 0.717) is 32.2 Å². The highest BCUT2D eigenvalue weighted by molar-refractivity contribution is 5.80. The van der Waals surface area contributed by atoms with Crippen molar-refractivity contribution in [3.8, 4) is 0 Å². The number of nitrogens with zero attached hydrogens (tertiary/aromatic N) is 4. The van der Waals surface area contributed by atoms with Crippen LogP contribution in [0.5, 0.6) is 0 Å². The zero-order valence-corrected chi connectivity index (χ0v) is 16.4. The number of likely N-dealkylation sites (tertiary alicyclic amines) is 2. The molecule has 2 amide bonds. The lowest BCUT2D eigenvalue weighted by Gasteiger charge is -2.32. The Morgan fingerprint density at radius 3 is 2.59 bits per heavy atom. The Kier molecular flexibility index (Phi) is 6.79. The lowest BCUT2D eigenvalue weighted by molar-refractivity contribution is -0.136. The molecule has 3 heterocycles. The number of hydrogen-bond acceptors (Lipinski definition) is 5. The summed E-state index contributed by atoms with van der Waals surface area (Å²) in [5.74, 6) is 0.255. The van der Waals surface area contributed by atoms with E-state index in [1.807, 2.05) is 23.1 Å². The summed E-state index contributed by atoms with van der Waals surface area (Å²) in [6, 6.07) is 6.23. The van der Waals surface area contributed by atoms with Crippen LogP contribution in [0, 0.1) is 5.92 Å². The molecule has 0 aromatic carbocycles. The predicted octanol–water partition coefficient (Wildman–Crippen LogP) is 0.572. The lowest BCUT2D eigenvalue weighted by Crippen LogP contribution is -2.46. The van der Waals surface area contributed by atoms with E-state index >= 15 is 0 Å². The summed E-state index contributed by atoms with van der Waals surface area (Å²) >= 11 is 0. The molecule has 1 N–H and O–H groups in total. The Hall–Kier alpha value is -1.99. The molecule has 2 aliphatic heterocycles.